The van der Waals surface area contributed by atoms with Crippen LogP contribution in [0.15, 0.2) is 11.8 Å². The molecule has 1 aliphatic carbocycles. The average Bonchev–Trinajstić information content (AvgIpc) is 2.87. The zero-order chi connectivity index (χ0) is 14.7. The molecule has 0 unspecified atom stereocenters. The van der Waals surface area contributed by atoms with E-state index in [4.69, 9.17) is 0 Å². The predicted octanol–water partition coefficient (Wildman–Crippen LogP) is 3.10. The molecule has 0 saturated heterocycles. The summed E-state index contributed by atoms with van der Waals surface area (Å²) in [5.74, 6) is 0. The minimum absolute atomic E-state index is 0.187. The first kappa shape index (κ1) is 14.5. The van der Waals surface area contributed by atoms with Gasteiger partial charge in [-0.25, -0.2) is 9.78 Å². The number of carbonyl (C=O) groups is 1. The molecule has 1 aromatic heterocycles. The molecule has 1 fully saturated rings. The van der Waals surface area contributed by atoms with Gasteiger partial charge in [0, 0.05) is 30.6 Å². The molecule has 1 aromatic rings. The van der Waals surface area contributed by atoms with Gasteiger partial charge in [0.2, 0.25) is 0 Å². The van der Waals surface area contributed by atoms with Crippen LogP contribution in [0.25, 0.3) is 0 Å². The highest BCUT2D eigenvalue weighted by Crippen LogP contribution is 2.27. The number of nitrogens with one attached hydrogen (secondary N) is 2. The first-order chi connectivity index (χ1) is 10.2. The third kappa shape index (κ3) is 3.83. The summed E-state index contributed by atoms with van der Waals surface area (Å²) < 4.78 is 0. The summed E-state index contributed by atoms with van der Waals surface area (Å²) in [6, 6.07) is -0.187. The average molecular weight is 306 g/mol. The second-order valence-corrected chi connectivity index (χ2v) is 6.92. The third-order valence-corrected chi connectivity index (χ3v) is 5.04. The molecule has 114 valence electrons. The molecule has 3 rings (SSSR count). The van der Waals surface area contributed by atoms with Gasteiger partial charge in [0.1, 0.15) is 0 Å². The molecule has 5 nitrogen and oxygen atoms in total. The smallest absolute Gasteiger partial charge is 0.314 e. The molecule has 2 aliphatic rings. The molecule has 0 spiro atoms. The number of urea groups is 1. The van der Waals surface area contributed by atoms with E-state index in [0.717, 1.165) is 38.0 Å². The van der Waals surface area contributed by atoms with E-state index in [1.54, 1.807) is 11.3 Å². The standard InChI is InChI=1S/C15H22N4OS/c1-19-8-7-12-13(10-19)21-15(17-12)18-14(20)16-9-11-5-3-2-4-6-11/h9H,2-8,10H2,1H3,(H2,16,17,18,20). The zero-order valence-electron chi connectivity index (χ0n) is 12.4. The second kappa shape index (κ2) is 6.58. The van der Waals surface area contributed by atoms with E-state index in [1.165, 1.54) is 29.7 Å². The Hall–Kier alpha value is -1.40. The maximum absolute atomic E-state index is 11.9. The Morgan fingerprint density at radius 3 is 2.90 bits per heavy atom. The molecular formula is C15H22N4OS. The molecule has 2 N–H and O–H groups in total. The minimum Gasteiger partial charge on any atom is -0.314 e. The number of aromatic nitrogens is 1. The molecule has 1 saturated carbocycles. The Bertz CT molecular complexity index is 544. The van der Waals surface area contributed by atoms with Gasteiger partial charge in [-0.1, -0.05) is 12.0 Å². The number of allylic oxidation sites excluding steroid dienone is 1. The van der Waals surface area contributed by atoms with Gasteiger partial charge in [0.25, 0.3) is 0 Å². The highest BCUT2D eigenvalue weighted by atomic mass is 32.1. The van der Waals surface area contributed by atoms with Crippen molar-refractivity contribution in [2.24, 2.45) is 0 Å². The van der Waals surface area contributed by atoms with Crippen molar-refractivity contribution >= 4 is 22.5 Å². The number of fused-ring (bicyclic) bond motifs is 1. The van der Waals surface area contributed by atoms with Crippen molar-refractivity contribution in [3.05, 3.63) is 22.3 Å². The molecule has 2 amide bonds. The number of likely N-dealkylation sites (N-methyl/N-ethyl adjacent to an activating group) is 1. The van der Waals surface area contributed by atoms with Crippen LogP contribution in [0.3, 0.4) is 0 Å². The van der Waals surface area contributed by atoms with Crippen LogP contribution in [0.2, 0.25) is 0 Å². The predicted molar refractivity (Wildman–Crippen MR) is 85.5 cm³/mol. The summed E-state index contributed by atoms with van der Waals surface area (Å²) in [6.07, 6.45) is 8.84. The van der Waals surface area contributed by atoms with Crippen molar-refractivity contribution in [3.63, 3.8) is 0 Å². The van der Waals surface area contributed by atoms with Gasteiger partial charge in [-0.05, 0) is 32.7 Å². The number of anilines is 1. The van der Waals surface area contributed by atoms with E-state index in [2.05, 4.69) is 27.6 Å². The van der Waals surface area contributed by atoms with Gasteiger partial charge in [0.05, 0.1) is 5.69 Å². The first-order valence-electron chi connectivity index (χ1n) is 7.63. The summed E-state index contributed by atoms with van der Waals surface area (Å²) in [5, 5.41) is 6.39. The Balaban J connectivity index is 1.55. The van der Waals surface area contributed by atoms with Crippen molar-refractivity contribution in [2.75, 3.05) is 18.9 Å². The summed E-state index contributed by atoms with van der Waals surface area (Å²) in [5.41, 5.74) is 2.48. The largest absolute Gasteiger partial charge is 0.325 e. The molecule has 6 heteroatoms. The van der Waals surface area contributed by atoms with Crippen LogP contribution in [0.1, 0.15) is 42.7 Å². The summed E-state index contributed by atoms with van der Waals surface area (Å²) in [7, 11) is 2.11. The highest BCUT2D eigenvalue weighted by molar-refractivity contribution is 7.15. The van der Waals surface area contributed by atoms with Crippen LogP contribution < -0.4 is 10.6 Å². The van der Waals surface area contributed by atoms with E-state index in [1.807, 2.05) is 6.20 Å². The molecule has 2 heterocycles. The van der Waals surface area contributed by atoms with E-state index in [9.17, 15) is 4.79 Å². The number of hydrogen-bond donors (Lipinski definition) is 2. The van der Waals surface area contributed by atoms with E-state index in [-0.39, 0.29) is 6.03 Å². The van der Waals surface area contributed by atoms with Gasteiger partial charge in [0.15, 0.2) is 5.13 Å². The van der Waals surface area contributed by atoms with Crippen molar-refractivity contribution in [3.8, 4) is 0 Å². The van der Waals surface area contributed by atoms with Crippen LogP contribution >= 0.6 is 11.3 Å². The Morgan fingerprint density at radius 2 is 2.10 bits per heavy atom. The van der Waals surface area contributed by atoms with E-state index in [0.29, 0.717) is 5.13 Å². The fourth-order valence-corrected chi connectivity index (χ4v) is 3.91. The third-order valence-electron chi connectivity index (χ3n) is 4.05. The van der Waals surface area contributed by atoms with Crippen molar-refractivity contribution < 1.29 is 4.79 Å². The first-order valence-corrected chi connectivity index (χ1v) is 8.45. The number of hydrogen-bond acceptors (Lipinski definition) is 4. The van der Waals surface area contributed by atoms with Gasteiger partial charge in [-0.15, -0.1) is 11.3 Å². The molecule has 0 aromatic carbocycles. The van der Waals surface area contributed by atoms with Crippen LogP contribution in [0, 0.1) is 0 Å². The quantitative estimate of drug-likeness (QED) is 0.882. The topological polar surface area (TPSA) is 57.3 Å². The SMILES string of the molecule is CN1CCc2nc(NC(=O)NC=C3CCCCC3)sc2C1. The maximum atomic E-state index is 11.9. The number of carbonyl (C=O) groups excluding carboxylic acids is 1. The van der Waals surface area contributed by atoms with Gasteiger partial charge in [-0.2, -0.15) is 0 Å². The number of thiazole rings is 1. The van der Waals surface area contributed by atoms with Gasteiger partial charge >= 0.3 is 6.03 Å². The Morgan fingerprint density at radius 1 is 1.29 bits per heavy atom. The maximum Gasteiger partial charge on any atom is 0.325 e. The van der Waals surface area contributed by atoms with Crippen LogP contribution in [0.5, 0.6) is 0 Å². The number of rotatable bonds is 2. The lowest BCUT2D eigenvalue weighted by Crippen LogP contribution is -2.25. The molecule has 0 radical (unpaired) electrons. The number of nitrogens with zero attached hydrogens (tertiary/aromatic N) is 2. The van der Waals surface area contributed by atoms with Gasteiger partial charge in [-0.3, -0.25) is 5.32 Å². The van der Waals surface area contributed by atoms with Crippen LogP contribution in [-0.4, -0.2) is 29.5 Å². The summed E-state index contributed by atoms with van der Waals surface area (Å²) in [6.45, 7) is 1.97. The Kier molecular flexibility index (Phi) is 4.55. The minimum atomic E-state index is -0.187. The fraction of sp³-hybridized carbons (Fsp3) is 0.600. The van der Waals surface area contributed by atoms with Gasteiger partial charge < -0.3 is 10.2 Å². The molecular weight excluding hydrogens is 284 g/mol. The summed E-state index contributed by atoms with van der Waals surface area (Å²) >= 11 is 1.58. The van der Waals surface area contributed by atoms with Crippen molar-refractivity contribution in [2.45, 2.75) is 45.1 Å². The zero-order valence-corrected chi connectivity index (χ0v) is 13.3. The molecule has 1 aliphatic heterocycles. The normalized spacial score (nSPS) is 19.0. The molecule has 21 heavy (non-hydrogen) atoms. The van der Waals surface area contributed by atoms with Crippen molar-refractivity contribution in [1.29, 1.82) is 0 Å². The monoisotopic (exact) mass is 306 g/mol. The molecule has 0 atom stereocenters. The van der Waals surface area contributed by atoms with Crippen molar-refractivity contribution in [1.82, 2.24) is 15.2 Å². The fourth-order valence-electron chi connectivity index (χ4n) is 2.83. The lowest BCUT2D eigenvalue weighted by atomic mass is 9.96. The molecule has 0 bridgehead atoms. The van der Waals surface area contributed by atoms with Crippen LogP contribution in [-0.2, 0) is 13.0 Å². The number of amides is 2. The summed E-state index contributed by atoms with van der Waals surface area (Å²) in [4.78, 5) is 20.0. The highest BCUT2D eigenvalue weighted by Gasteiger charge is 2.18. The van der Waals surface area contributed by atoms with E-state index < -0.39 is 0 Å². The Labute approximate surface area is 129 Å². The van der Waals surface area contributed by atoms with E-state index >= 15 is 0 Å². The lowest BCUT2D eigenvalue weighted by molar-refractivity contribution is 0.255. The van der Waals surface area contributed by atoms with Crippen LogP contribution in [0.4, 0.5) is 9.93 Å². The lowest BCUT2D eigenvalue weighted by Gasteiger charge is -2.20. The second-order valence-electron chi connectivity index (χ2n) is 5.84.